The monoisotopic (exact) mass is 269 g/mol. The minimum absolute atomic E-state index is 0.0291. The van der Waals surface area contributed by atoms with Gasteiger partial charge in [0.25, 0.3) is 6.01 Å². The first-order valence-corrected chi connectivity index (χ1v) is 5.96. The molecule has 0 saturated heterocycles. The number of carbonyl (C=O) groups is 1. The number of para-hydroxylation sites is 2. The van der Waals surface area contributed by atoms with Crippen molar-refractivity contribution in [3.05, 3.63) is 47.8 Å². The predicted octanol–water partition coefficient (Wildman–Crippen LogP) is 2.76. The standard InChI is InChI=1S/C14H11N3O3/c1-8-11(6-7-15-12(8)13(18)19)20-14-16-9-4-2-3-5-10(9)17-14/h2-7H,1H3,(H,16,17)(H,18,19). The average molecular weight is 269 g/mol. The fourth-order valence-corrected chi connectivity index (χ4v) is 1.93. The van der Waals surface area contributed by atoms with E-state index in [1.54, 1.807) is 13.0 Å². The van der Waals surface area contributed by atoms with E-state index >= 15 is 0 Å². The highest BCUT2D eigenvalue weighted by Gasteiger charge is 2.14. The van der Waals surface area contributed by atoms with Crippen molar-refractivity contribution in [2.24, 2.45) is 0 Å². The molecule has 0 atom stereocenters. The van der Waals surface area contributed by atoms with Crippen LogP contribution in [0, 0.1) is 6.92 Å². The number of aromatic amines is 1. The van der Waals surface area contributed by atoms with Gasteiger partial charge in [0, 0.05) is 11.8 Å². The SMILES string of the molecule is Cc1c(Oc2nc3ccccc3[nH]2)ccnc1C(=O)O. The fraction of sp³-hybridized carbons (Fsp3) is 0.0714. The number of ether oxygens (including phenoxy) is 1. The van der Waals surface area contributed by atoms with Crippen LogP contribution in [-0.4, -0.2) is 26.0 Å². The van der Waals surface area contributed by atoms with Crippen LogP contribution < -0.4 is 4.74 Å². The minimum Gasteiger partial charge on any atom is -0.477 e. The number of carboxylic acid groups (broad SMARTS) is 1. The van der Waals surface area contributed by atoms with Gasteiger partial charge < -0.3 is 14.8 Å². The lowest BCUT2D eigenvalue weighted by Gasteiger charge is -2.06. The van der Waals surface area contributed by atoms with E-state index in [4.69, 9.17) is 9.84 Å². The predicted molar refractivity (Wildman–Crippen MR) is 72.1 cm³/mol. The van der Waals surface area contributed by atoms with Crippen molar-refractivity contribution < 1.29 is 14.6 Å². The summed E-state index contributed by atoms with van der Waals surface area (Å²) < 4.78 is 5.61. The number of aromatic carboxylic acids is 1. The summed E-state index contributed by atoms with van der Waals surface area (Å²) in [7, 11) is 0. The van der Waals surface area contributed by atoms with Crippen molar-refractivity contribution in [1.82, 2.24) is 15.0 Å². The molecule has 0 unspecified atom stereocenters. The Morgan fingerprint density at radius 2 is 2.10 bits per heavy atom. The molecule has 2 heterocycles. The summed E-state index contributed by atoms with van der Waals surface area (Å²) in [6.07, 6.45) is 1.40. The van der Waals surface area contributed by atoms with E-state index in [0.717, 1.165) is 11.0 Å². The minimum atomic E-state index is -1.09. The number of H-pyrrole nitrogens is 1. The van der Waals surface area contributed by atoms with Crippen molar-refractivity contribution >= 4 is 17.0 Å². The van der Waals surface area contributed by atoms with Crippen molar-refractivity contribution in [1.29, 1.82) is 0 Å². The lowest BCUT2D eigenvalue weighted by molar-refractivity contribution is 0.0689. The van der Waals surface area contributed by atoms with Gasteiger partial charge in [-0.25, -0.2) is 9.78 Å². The van der Waals surface area contributed by atoms with Crippen molar-refractivity contribution in [2.45, 2.75) is 6.92 Å². The summed E-state index contributed by atoms with van der Waals surface area (Å²) in [4.78, 5) is 22.1. The second kappa shape index (κ2) is 4.65. The molecule has 20 heavy (non-hydrogen) atoms. The molecule has 3 rings (SSSR count). The van der Waals surface area contributed by atoms with Gasteiger partial charge in [-0.15, -0.1) is 0 Å². The lowest BCUT2D eigenvalue weighted by Crippen LogP contribution is -2.04. The Balaban J connectivity index is 1.98. The van der Waals surface area contributed by atoms with E-state index in [1.807, 2.05) is 24.3 Å². The number of fused-ring (bicyclic) bond motifs is 1. The number of rotatable bonds is 3. The summed E-state index contributed by atoms with van der Waals surface area (Å²) in [6.45, 7) is 1.65. The molecule has 0 bridgehead atoms. The van der Waals surface area contributed by atoms with Crippen LogP contribution in [0.15, 0.2) is 36.5 Å². The van der Waals surface area contributed by atoms with Gasteiger partial charge in [-0.2, -0.15) is 4.98 Å². The van der Waals surface area contributed by atoms with Gasteiger partial charge in [0.15, 0.2) is 5.69 Å². The number of nitrogens with one attached hydrogen (secondary N) is 1. The molecule has 3 aromatic rings. The van der Waals surface area contributed by atoms with E-state index in [0.29, 0.717) is 17.3 Å². The number of pyridine rings is 1. The molecule has 2 N–H and O–H groups in total. The smallest absolute Gasteiger partial charge is 0.354 e. The lowest BCUT2D eigenvalue weighted by atomic mass is 10.2. The number of imidazole rings is 1. The number of hydrogen-bond acceptors (Lipinski definition) is 4. The summed E-state index contributed by atoms with van der Waals surface area (Å²) in [5, 5.41) is 9.03. The van der Waals surface area contributed by atoms with Crippen LogP contribution in [0.1, 0.15) is 16.1 Å². The third-order valence-electron chi connectivity index (χ3n) is 2.93. The molecule has 0 aliphatic carbocycles. The van der Waals surface area contributed by atoms with Crippen molar-refractivity contribution in [3.63, 3.8) is 0 Å². The van der Waals surface area contributed by atoms with Gasteiger partial charge in [0.2, 0.25) is 0 Å². The van der Waals surface area contributed by atoms with E-state index in [1.165, 1.54) is 6.20 Å². The molecule has 6 nitrogen and oxygen atoms in total. The zero-order valence-electron chi connectivity index (χ0n) is 10.6. The van der Waals surface area contributed by atoms with Crippen LogP contribution >= 0.6 is 0 Å². The quantitative estimate of drug-likeness (QED) is 0.763. The number of hydrogen-bond donors (Lipinski definition) is 2. The van der Waals surface area contributed by atoms with Gasteiger partial charge in [-0.05, 0) is 25.1 Å². The zero-order valence-corrected chi connectivity index (χ0v) is 10.6. The molecule has 0 spiro atoms. The van der Waals surface area contributed by atoms with Crippen molar-refractivity contribution in [2.75, 3.05) is 0 Å². The van der Waals surface area contributed by atoms with E-state index < -0.39 is 5.97 Å². The van der Waals surface area contributed by atoms with E-state index in [9.17, 15) is 4.79 Å². The largest absolute Gasteiger partial charge is 0.477 e. The Morgan fingerprint density at radius 3 is 2.85 bits per heavy atom. The maximum absolute atomic E-state index is 11.0. The molecule has 0 aliphatic rings. The molecule has 0 amide bonds. The van der Waals surface area contributed by atoms with Crippen molar-refractivity contribution in [3.8, 4) is 11.8 Å². The highest BCUT2D eigenvalue weighted by molar-refractivity contribution is 5.87. The second-order valence-corrected chi connectivity index (χ2v) is 4.25. The number of aromatic nitrogens is 3. The van der Waals surface area contributed by atoms with Crippen LogP contribution in [0.25, 0.3) is 11.0 Å². The first-order chi connectivity index (χ1) is 9.65. The molecule has 1 aromatic carbocycles. The van der Waals surface area contributed by atoms with Crippen LogP contribution in [0.4, 0.5) is 0 Å². The Bertz CT molecular complexity index is 762. The Labute approximate surface area is 114 Å². The van der Waals surface area contributed by atoms with Crippen LogP contribution in [0.5, 0.6) is 11.8 Å². The highest BCUT2D eigenvalue weighted by Crippen LogP contribution is 2.25. The first-order valence-electron chi connectivity index (χ1n) is 5.96. The maximum Gasteiger partial charge on any atom is 0.354 e. The molecule has 0 aliphatic heterocycles. The third kappa shape index (κ3) is 2.07. The van der Waals surface area contributed by atoms with Gasteiger partial charge in [0.05, 0.1) is 11.0 Å². The summed E-state index contributed by atoms with van der Waals surface area (Å²) in [5.74, 6) is -0.672. The molecule has 6 heteroatoms. The van der Waals surface area contributed by atoms with Gasteiger partial charge in [-0.3, -0.25) is 0 Å². The molecular formula is C14H11N3O3. The number of nitrogens with zero attached hydrogens (tertiary/aromatic N) is 2. The number of benzene rings is 1. The van der Waals surface area contributed by atoms with Gasteiger partial charge in [-0.1, -0.05) is 12.1 Å². The fourth-order valence-electron chi connectivity index (χ4n) is 1.93. The normalized spacial score (nSPS) is 10.7. The summed E-state index contributed by atoms with van der Waals surface area (Å²) >= 11 is 0. The molecule has 0 fully saturated rings. The molecule has 0 saturated carbocycles. The van der Waals surface area contributed by atoms with Crippen LogP contribution in [0.3, 0.4) is 0 Å². The highest BCUT2D eigenvalue weighted by atomic mass is 16.5. The average Bonchev–Trinajstić information content (AvgIpc) is 2.83. The molecule has 2 aromatic heterocycles. The number of carboxylic acids is 1. The Kier molecular flexibility index (Phi) is 2.83. The van der Waals surface area contributed by atoms with Crippen LogP contribution in [0.2, 0.25) is 0 Å². The molecular weight excluding hydrogens is 258 g/mol. The summed E-state index contributed by atoms with van der Waals surface area (Å²) in [6, 6.07) is 9.45. The summed E-state index contributed by atoms with van der Waals surface area (Å²) in [5.41, 5.74) is 2.07. The third-order valence-corrected chi connectivity index (χ3v) is 2.93. The van der Waals surface area contributed by atoms with Gasteiger partial charge in [0.1, 0.15) is 5.75 Å². The molecule has 100 valence electrons. The Morgan fingerprint density at radius 1 is 1.30 bits per heavy atom. The zero-order chi connectivity index (χ0) is 14.1. The maximum atomic E-state index is 11.0. The van der Waals surface area contributed by atoms with E-state index in [2.05, 4.69) is 15.0 Å². The van der Waals surface area contributed by atoms with Crippen LogP contribution in [-0.2, 0) is 0 Å². The second-order valence-electron chi connectivity index (χ2n) is 4.25. The first kappa shape index (κ1) is 12.2. The topological polar surface area (TPSA) is 88.1 Å². The van der Waals surface area contributed by atoms with Gasteiger partial charge >= 0.3 is 5.97 Å². The molecule has 0 radical (unpaired) electrons. The Hall–Kier alpha value is -2.89. The van der Waals surface area contributed by atoms with E-state index in [-0.39, 0.29) is 5.69 Å².